The Morgan fingerprint density at radius 3 is 2.45 bits per heavy atom. The van der Waals surface area contributed by atoms with Gasteiger partial charge in [0, 0.05) is 10.6 Å². The minimum atomic E-state index is -0.0150. The van der Waals surface area contributed by atoms with Crippen LogP contribution < -0.4 is 14.8 Å². The largest absolute Gasteiger partial charge is 0.497 e. The Labute approximate surface area is 124 Å². The summed E-state index contributed by atoms with van der Waals surface area (Å²) in [5.41, 5.74) is 2.09. The highest BCUT2D eigenvalue weighted by Crippen LogP contribution is 2.33. The predicted molar refractivity (Wildman–Crippen MR) is 81.9 cm³/mol. The molecule has 0 saturated carbocycles. The second kappa shape index (κ2) is 6.64. The van der Waals surface area contributed by atoms with Gasteiger partial charge in [0.05, 0.1) is 20.3 Å². The van der Waals surface area contributed by atoms with E-state index in [1.165, 1.54) is 0 Å². The smallest absolute Gasteiger partial charge is 0.124 e. The van der Waals surface area contributed by atoms with Gasteiger partial charge in [-0.3, -0.25) is 0 Å². The lowest BCUT2D eigenvalue weighted by Crippen LogP contribution is -2.18. The second-order valence-electron chi connectivity index (χ2n) is 4.38. The molecule has 0 radical (unpaired) electrons. The van der Waals surface area contributed by atoms with E-state index in [-0.39, 0.29) is 6.04 Å². The fourth-order valence-corrected chi connectivity index (χ4v) is 2.45. The van der Waals surface area contributed by atoms with E-state index < -0.39 is 0 Å². The summed E-state index contributed by atoms with van der Waals surface area (Å²) in [4.78, 5) is 0. The fraction of sp³-hybridized carbons (Fsp3) is 0.250. The van der Waals surface area contributed by atoms with Crippen LogP contribution in [0.15, 0.2) is 42.5 Å². The Morgan fingerprint density at radius 2 is 1.85 bits per heavy atom. The van der Waals surface area contributed by atoms with Crippen molar-refractivity contribution in [3.05, 3.63) is 58.6 Å². The van der Waals surface area contributed by atoms with Gasteiger partial charge in [-0.05, 0) is 42.9 Å². The minimum Gasteiger partial charge on any atom is -0.497 e. The van der Waals surface area contributed by atoms with Crippen molar-refractivity contribution in [1.29, 1.82) is 0 Å². The van der Waals surface area contributed by atoms with Crippen LogP contribution in [0.5, 0.6) is 11.5 Å². The van der Waals surface area contributed by atoms with Crippen molar-refractivity contribution in [2.45, 2.75) is 6.04 Å². The minimum absolute atomic E-state index is 0.0150. The molecule has 0 aliphatic heterocycles. The summed E-state index contributed by atoms with van der Waals surface area (Å²) in [6.45, 7) is 0. The van der Waals surface area contributed by atoms with Gasteiger partial charge in [-0.2, -0.15) is 0 Å². The molecule has 106 valence electrons. The highest BCUT2D eigenvalue weighted by atomic mass is 35.5. The maximum absolute atomic E-state index is 6.08. The van der Waals surface area contributed by atoms with Crippen molar-refractivity contribution >= 4 is 11.6 Å². The number of methoxy groups -OCH3 is 2. The van der Waals surface area contributed by atoms with Crippen LogP contribution in [0.2, 0.25) is 5.02 Å². The topological polar surface area (TPSA) is 30.5 Å². The number of ether oxygens (including phenoxy) is 2. The molecule has 1 N–H and O–H groups in total. The Balaban J connectivity index is 2.50. The molecule has 0 aromatic heterocycles. The van der Waals surface area contributed by atoms with Crippen LogP contribution in [0.25, 0.3) is 0 Å². The molecule has 0 amide bonds. The number of benzene rings is 2. The lowest BCUT2D eigenvalue weighted by Gasteiger charge is -2.20. The summed E-state index contributed by atoms with van der Waals surface area (Å²) in [5.74, 6) is 1.60. The van der Waals surface area contributed by atoms with E-state index >= 15 is 0 Å². The first-order valence-electron chi connectivity index (χ1n) is 6.34. The van der Waals surface area contributed by atoms with Crippen LogP contribution in [-0.4, -0.2) is 21.3 Å². The maximum atomic E-state index is 6.08. The molecule has 0 aliphatic rings. The molecule has 2 aromatic rings. The van der Waals surface area contributed by atoms with Crippen molar-refractivity contribution in [3.63, 3.8) is 0 Å². The zero-order valence-electron chi connectivity index (χ0n) is 11.8. The molecule has 0 saturated heterocycles. The zero-order valence-corrected chi connectivity index (χ0v) is 12.6. The van der Waals surface area contributed by atoms with E-state index in [1.54, 1.807) is 14.2 Å². The lowest BCUT2D eigenvalue weighted by atomic mass is 9.97. The number of nitrogens with one attached hydrogen (secondary N) is 1. The molecule has 3 nitrogen and oxygen atoms in total. The number of hydrogen-bond acceptors (Lipinski definition) is 3. The second-order valence-corrected chi connectivity index (χ2v) is 4.82. The summed E-state index contributed by atoms with van der Waals surface area (Å²) >= 11 is 6.08. The summed E-state index contributed by atoms with van der Waals surface area (Å²) in [7, 11) is 5.22. The fourth-order valence-electron chi connectivity index (χ4n) is 2.25. The van der Waals surface area contributed by atoms with Crippen LogP contribution in [0.4, 0.5) is 0 Å². The molecule has 0 bridgehead atoms. The van der Waals surface area contributed by atoms with Crippen LogP contribution in [0, 0.1) is 0 Å². The van der Waals surface area contributed by atoms with E-state index in [4.69, 9.17) is 21.1 Å². The van der Waals surface area contributed by atoms with Crippen molar-refractivity contribution in [1.82, 2.24) is 5.32 Å². The standard InChI is InChI=1S/C16H18ClNO2/c1-18-16(11-5-4-6-12(17)9-11)14-10-13(19-2)7-8-15(14)20-3/h4-10,16,18H,1-3H3. The Bertz CT molecular complexity index is 586. The summed E-state index contributed by atoms with van der Waals surface area (Å²) in [6, 6.07) is 13.5. The average molecular weight is 292 g/mol. The number of rotatable bonds is 5. The highest BCUT2D eigenvalue weighted by molar-refractivity contribution is 6.30. The van der Waals surface area contributed by atoms with Gasteiger partial charge in [-0.15, -0.1) is 0 Å². The summed E-state index contributed by atoms with van der Waals surface area (Å²) < 4.78 is 10.8. The third kappa shape index (κ3) is 3.06. The van der Waals surface area contributed by atoms with Crippen LogP contribution >= 0.6 is 11.6 Å². The Hall–Kier alpha value is -1.71. The molecule has 0 aliphatic carbocycles. The molecule has 4 heteroatoms. The molecule has 2 rings (SSSR count). The van der Waals surface area contributed by atoms with Gasteiger partial charge >= 0.3 is 0 Å². The van der Waals surface area contributed by atoms with Crippen LogP contribution in [-0.2, 0) is 0 Å². The first kappa shape index (κ1) is 14.7. The highest BCUT2D eigenvalue weighted by Gasteiger charge is 2.17. The van der Waals surface area contributed by atoms with Gasteiger partial charge in [0.2, 0.25) is 0 Å². The van der Waals surface area contributed by atoms with Gasteiger partial charge in [0.15, 0.2) is 0 Å². The quantitative estimate of drug-likeness (QED) is 0.912. The van der Waals surface area contributed by atoms with Crippen LogP contribution in [0.3, 0.4) is 0 Å². The third-order valence-corrected chi connectivity index (χ3v) is 3.45. The Kier molecular flexibility index (Phi) is 4.88. The summed E-state index contributed by atoms with van der Waals surface area (Å²) in [5, 5.41) is 4.01. The van der Waals surface area contributed by atoms with Crippen LogP contribution in [0.1, 0.15) is 17.2 Å². The molecule has 0 fully saturated rings. The number of halogens is 1. The van der Waals surface area contributed by atoms with E-state index in [9.17, 15) is 0 Å². The van der Waals surface area contributed by atoms with Gasteiger partial charge in [0.1, 0.15) is 11.5 Å². The average Bonchev–Trinajstić information content (AvgIpc) is 2.48. The van der Waals surface area contributed by atoms with Gasteiger partial charge in [0.25, 0.3) is 0 Å². The molecule has 2 aromatic carbocycles. The Morgan fingerprint density at radius 1 is 1.05 bits per heavy atom. The molecule has 0 heterocycles. The van der Waals surface area contributed by atoms with E-state index in [2.05, 4.69) is 5.32 Å². The SMILES string of the molecule is CNC(c1cccc(Cl)c1)c1cc(OC)ccc1OC. The van der Waals surface area contributed by atoms with Gasteiger partial charge in [-0.1, -0.05) is 23.7 Å². The third-order valence-electron chi connectivity index (χ3n) is 3.22. The molecule has 1 unspecified atom stereocenters. The molecule has 0 spiro atoms. The summed E-state index contributed by atoms with van der Waals surface area (Å²) in [6.07, 6.45) is 0. The molecular formula is C16H18ClNO2. The van der Waals surface area contributed by atoms with Gasteiger partial charge in [-0.25, -0.2) is 0 Å². The monoisotopic (exact) mass is 291 g/mol. The predicted octanol–water partition coefficient (Wildman–Crippen LogP) is 3.67. The van der Waals surface area contributed by atoms with Crippen molar-refractivity contribution < 1.29 is 9.47 Å². The zero-order chi connectivity index (χ0) is 14.5. The lowest BCUT2D eigenvalue weighted by molar-refractivity contribution is 0.395. The van der Waals surface area contributed by atoms with E-state index in [0.717, 1.165) is 22.6 Å². The van der Waals surface area contributed by atoms with E-state index in [1.807, 2.05) is 49.5 Å². The van der Waals surface area contributed by atoms with Crippen molar-refractivity contribution in [3.8, 4) is 11.5 Å². The van der Waals surface area contributed by atoms with Gasteiger partial charge < -0.3 is 14.8 Å². The molecular weight excluding hydrogens is 274 g/mol. The normalized spacial score (nSPS) is 12.0. The van der Waals surface area contributed by atoms with E-state index in [0.29, 0.717) is 5.02 Å². The molecule has 1 atom stereocenters. The number of hydrogen-bond donors (Lipinski definition) is 1. The van der Waals surface area contributed by atoms with Crippen molar-refractivity contribution in [2.24, 2.45) is 0 Å². The van der Waals surface area contributed by atoms with Crippen molar-refractivity contribution in [2.75, 3.05) is 21.3 Å². The maximum Gasteiger partial charge on any atom is 0.124 e. The molecule has 20 heavy (non-hydrogen) atoms. The first-order valence-corrected chi connectivity index (χ1v) is 6.72. The first-order chi connectivity index (χ1) is 9.69.